The van der Waals surface area contributed by atoms with Gasteiger partial charge in [-0.05, 0) is 65.9 Å². The van der Waals surface area contributed by atoms with Crippen LogP contribution >= 0.6 is 0 Å². The van der Waals surface area contributed by atoms with Crippen molar-refractivity contribution in [3.8, 4) is 0 Å². The Hall–Kier alpha value is -3.31. The summed E-state index contributed by atoms with van der Waals surface area (Å²) in [6.07, 6.45) is -2.55. The minimum Gasteiger partial charge on any atom is -0.351 e. The number of sulfonamides is 1. The van der Waals surface area contributed by atoms with E-state index in [1.54, 1.807) is 31.2 Å². The summed E-state index contributed by atoms with van der Waals surface area (Å²) < 4.78 is 79.6. The van der Waals surface area contributed by atoms with Gasteiger partial charge in [0.2, 0.25) is 15.9 Å². The predicted molar refractivity (Wildman–Crippen MR) is 128 cm³/mol. The Bertz CT molecular complexity index is 1380. The maximum absolute atomic E-state index is 13.2. The van der Waals surface area contributed by atoms with E-state index in [9.17, 15) is 30.8 Å². The van der Waals surface area contributed by atoms with E-state index in [4.69, 9.17) is 0 Å². The molecule has 2 atom stereocenters. The maximum atomic E-state index is 13.2. The quantitative estimate of drug-likeness (QED) is 0.439. The van der Waals surface area contributed by atoms with Gasteiger partial charge in [-0.2, -0.15) is 17.5 Å². The summed E-state index contributed by atoms with van der Waals surface area (Å²) in [6, 6.07) is 13.2. The number of carbonyl (C=O) groups is 1. The zero-order chi connectivity index (χ0) is 26.8. The Labute approximate surface area is 212 Å². The molecule has 1 N–H and O–H groups in total. The van der Waals surface area contributed by atoms with Crippen LogP contribution < -0.4 is 5.32 Å². The lowest BCUT2D eigenvalue weighted by atomic mass is 9.92. The van der Waals surface area contributed by atoms with Crippen LogP contribution in [0.15, 0.2) is 71.8 Å². The van der Waals surface area contributed by atoms with Crippen molar-refractivity contribution in [1.29, 1.82) is 0 Å². The number of carbonyl (C=O) groups excluding carboxylic acids is 1. The lowest BCUT2D eigenvalue weighted by Crippen LogP contribution is -2.45. The van der Waals surface area contributed by atoms with Gasteiger partial charge in [-0.1, -0.05) is 31.2 Å². The van der Waals surface area contributed by atoms with Gasteiger partial charge >= 0.3 is 6.18 Å². The molecule has 2 heterocycles. The number of pyridine rings is 1. The Morgan fingerprint density at radius 1 is 1.11 bits per heavy atom. The molecule has 1 saturated heterocycles. The first-order chi connectivity index (χ1) is 17.5. The second-order valence-electron chi connectivity index (χ2n) is 8.88. The van der Waals surface area contributed by atoms with Crippen molar-refractivity contribution in [3.63, 3.8) is 0 Å². The molecule has 2 aromatic carbocycles. The van der Waals surface area contributed by atoms with Gasteiger partial charge < -0.3 is 5.32 Å². The molecule has 1 amide bonds. The Balaban J connectivity index is 1.45. The van der Waals surface area contributed by atoms with E-state index in [-0.39, 0.29) is 23.9 Å². The number of halogens is 4. The van der Waals surface area contributed by atoms with Crippen molar-refractivity contribution < 1.29 is 30.8 Å². The summed E-state index contributed by atoms with van der Waals surface area (Å²) in [4.78, 5) is 16.3. The first kappa shape index (κ1) is 26.7. The van der Waals surface area contributed by atoms with Crippen LogP contribution in [0.25, 0.3) is 0 Å². The number of amides is 1. The predicted octanol–water partition coefficient (Wildman–Crippen LogP) is 4.86. The summed E-state index contributed by atoms with van der Waals surface area (Å²) in [5.41, 5.74) is 0.967. The topological polar surface area (TPSA) is 79.4 Å². The van der Waals surface area contributed by atoms with Crippen molar-refractivity contribution >= 4 is 15.9 Å². The van der Waals surface area contributed by atoms with Gasteiger partial charge in [0.1, 0.15) is 17.6 Å². The molecule has 2 unspecified atom stereocenters. The number of alkyl halides is 3. The molecule has 0 bridgehead atoms. The summed E-state index contributed by atoms with van der Waals surface area (Å²) >= 11 is 0. The normalized spacial score (nSPS) is 17.5. The molecular weight excluding hydrogens is 510 g/mol. The molecule has 0 radical (unpaired) electrons. The Morgan fingerprint density at radius 2 is 1.81 bits per heavy atom. The minimum atomic E-state index is -4.54. The third-order valence-electron chi connectivity index (χ3n) is 6.42. The fraction of sp³-hybridized carbons (Fsp3) is 0.308. The second kappa shape index (κ2) is 10.6. The highest BCUT2D eigenvalue weighted by molar-refractivity contribution is 7.89. The lowest BCUT2D eigenvalue weighted by Gasteiger charge is -2.23. The van der Waals surface area contributed by atoms with Crippen molar-refractivity contribution in [2.24, 2.45) is 0 Å². The average molecular weight is 536 g/mol. The van der Waals surface area contributed by atoms with Crippen molar-refractivity contribution in [2.75, 3.05) is 6.54 Å². The number of benzene rings is 2. The van der Waals surface area contributed by atoms with Crippen molar-refractivity contribution in [2.45, 2.75) is 49.3 Å². The third-order valence-corrected chi connectivity index (χ3v) is 8.34. The Kier molecular flexibility index (Phi) is 7.65. The molecule has 1 aliphatic rings. The molecule has 4 rings (SSSR count). The first-order valence-electron chi connectivity index (χ1n) is 11.6. The number of aromatic nitrogens is 1. The van der Waals surface area contributed by atoms with Crippen LogP contribution in [0.1, 0.15) is 48.1 Å². The number of rotatable bonds is 7. The number of nitrogens with one attached hydrogen (secondary N) is 1. The zero-order valence-electron chi connectivity index (χ0n) is 19.9. The van der Waals surface area contributed by atoms with Gasteiger partial charge in [0.05, 0.1) is 4.90 Å². The first-order valence-corrected chi connectivity index (χ1v) is 13.1. The van der Waals surface area contributed by atoms with Crippen LogP contribution in [-0.4, -0.2) is 36.2 Å². The number of nitrogens with zero attached hydrogens (tertiary/aromatic N) is 2. The molecule has 11 heteroatoms. The monoisotopic (exact) mass is 535 g/mol. The van der Waals surface area contributed by atoms with Crippen LogP contribution in [0, 0.1) is 5.82 Å². The molecule has 1 fully saturated rings. The van der Waals surface area contributed by atoms with Crippen LogP contribution in [0.3, 0.4) is 0 Å². The molecule has 0 aliphatic carbocycles. The van der Waals surface area contributed by atoms with Crippen LogP contribution in [-0.2, 0) is 27.5 Å². The average Bonchev–Trinajstić information content (AvgIpc) is 3.38. The molecule has 3 aromatic rings. The Morgan fingerprint density at radius 3 is 2.51 bits per heavy atom. The molecular formula is C26H25F4N3O3S. The molecule has 196 valence electrons. The highest BCUT2D eigenvalue weighted by atomic mass is 32.2. The summed E-state index contributed by atoms with van der Waals surface area (Å²) in [5.74, 6) is -1.37. The summed E-state index contributed by atoms with van der Waals surface area (Å²) in [6.45, 7) is 2.07. The molecule has 37 heavy (non-hydrogen) atoms. The van der Waals surface area contributed by atoms with E-state index in [1.807, 2.05) is 0 Å². The highest BCUT2D eigenvalue weighted by Gasteiger charge is 2.39. The third kappa shape index (κ3) is 5.99. The molecule has 6 nitrogen and oxygen atoms in total. The summed E-state index contributed by atoms with van der Waals surface area (Å²) in [7, 11) is -3.97. The second-order valence-corrected chi connectivity index (χ2v) is 10.8. The maximum Gasteiger partial charge on any atom is 0.433 e. The van der Waals surface area contributed by atoms with Crippen LogP contribution in [0.4, 0.5) is 17.6 Å². The number of hydrogen-bond acceptors (Lipinski definition) is 4. The van der Waals surface area contributed by atoms with Crippen molar-refractivity contribution in [3.05, 3.63) is 95.1 Å². The molecule has 0 spiro atoms. The van der Waals surface area contributed by atoms with Crippen LogP contribution in [0.5, 0.6) is 0 Å². The van der Waals surface area contributed by atoms with Gasteiger partial charge in [0.25, 0.3) is 0 Å². The van der Waals surface area contributed by atoms with Gasteiger partial charge in [0, 0.05) is 25.2 Å². The lowest BCUT2D eigenvalue weighted by molar-refractivity contribution is -0.141. The highest BCUT2D eigenvalue weighted by Crippen LogP contribution is 2.32. The van der Waals surface area contributed by atoms with E-state index in [1.165, 1.54) is 18.2 Å². The van der Waals surface area contributed by atoms with Gasteiger partial charge in [-0.15, -0.1) is 0 Å². The van der Waals surface area contributed by atoms with Gasteiger partial charge in [0.15, 0.2) is 0 Å². The fourth-order valence-electron chi connectivity index (χ4n) is 4.37. The standard InChI is InChI=1S/C26H25F4N3O3S/c1-17(20-11-12-31-24(15-20)26(28,29)30)19-5-2-4-18(14-19)16-32-25(34)23-6-3-13-33(23)37(35,36)22-9-7-21(27)8-10-22/h2,4-5,7-12,14-15,17,23H,3,6,13,16H2,1H3,(H,32,34). The largest absolute Gasteiger partial charge is 0.433 e. The zero-order valence-corrected chi connectivity index (χ0v) is 20.7. The van der Waals surface area contributed by atoms with E-state index >= 15 is 0 Å². The van der Waals surface area contributed by atoms with Gasteiger partial charge in [-0.25, -0.2) is 12.8 Å². The van der Waals surface area contributed by atoms with Gasteiger partial charge in [-0.3, -0.25) is 9.78 Å². The molecule has 0 saturated carbocycles. The SMILES string of the molecule is CC(c1cccc(CNC(=O)C2CCCN2S(=O)(=O)c2ccc(F)cc2)c1)c1ccnc(C(F)(F)F)c1. The van der Waals surface area contributed by atoms with Crippen LogP contribution in [0.2, 0.25) is 0 Å². The smallest absolute Gasteiger partial charge is 0.351 e. The van der Waals surface area contributed by atoms with E-state index in [0.29, 0.717) is 24.0 Å². The van der Waals surface area contributed by atoms with E-state index < -0.39 is 39.7 Å². The van der Waals surface area contributed by atoms with E-state index in [0.717, 1.165) is 34.3 Å². The minimum absolute atomic E-state index is 0.0833. The van der Waals surface area contributed by atoms with Crippen molar-refractivity contribution in [1.82, 2.24) is 14.6 Å². The van der Waals surface area contributed by atoms with E-state index in [2.05, 4.69) is 10.3 Å². The fourth-order valence-corrected chi connectivity index (χ4v) is 6.03. The number of hydrogen-bond donors (Lipinski definition) is 1. The summed E-state index contributed by atoms with van der Waals surface area (Å²) in [5, 5.41) is 2.77. The molecule has 1 aliphatic heterocycles. The molecule has 1 aromatic heterocycles.